The number of amides is 1. The molecule has 0 unspecified atom stereocenters. The van der Waals surface area contributed by atoms with E-state index >= 15 is 0 Å². The van der Waals surface area contributed by atoms with E-state index in [1.54, 1.807) is 29.2 Å². The Labute approximate surface area is 142 Å². The number of nitrogens with zero attached hydrogens (tertiary/aromatic N) is 2. The van der Waals surface area contributed by atoms with Gasteiger partial charge < -0.3 is 9.80 Å². The van der Waals surface area contributed by atoms with Crippen LogP contribution in [0.3, 0.4) is 0 Å². The maximum atomic E-state index is 12.5. The monoisotopic (exact) mass is 359 g/mol. The minimum atomic E-state index is -3.43. The fourth-order valence-electron chi connectivity index (χ4n) is 2.54. The first kappa shape index (κ1) is 18.2. The highest BCUT2D eigenvalue weighted by molar-refractivity contribution is 7.88. The molecule has 23 heavy (non-hydrogen) atoms. The SMILES string of the molecule is CN1CCN(C(=O)C[C@@H](NS(C)(=O)=O)c2ccc(Cl)cc2)CC1. The number of carbonyl (C=O) groups is 1. The van der Waals surface area contributed by atoms with Crippen molar-refractivity contribution in [3.63, 3.8) is 0 Å². The first-order valence-electron chi connectivity index (χ1n) is 7.44. The zero-order valence-corrected chi connectivity index (χ0v) is 14.9. The predicted molar refractivity (Wildman–Crippen MR) is 90.9 cm³/mol. The fraction of sp³-hybridized carbons (Fsp3) is 0.533. The highest BCUT2D eigenvalue weighted by atomic mass is 35.5. The van der Waals surface area contributed by atoms with Crippen molar-refractivity contribution in [1.29, 1.82) is 0 Å². The Morgan fingerprint density at radius 2 is 1.78 bits per heavy atom. The van der Waals surface area contributed by atoms with Crippen LogP contribution in [-0.2, 0) is 14.8 Å². The van der Waals surface area contributed by atoms with E-state index in [-0.39, 0.29) is 12.3 Å². The van der Waals surface area contributed by atoms with Crippen LogP contribution in [0.4, 0.5) is 0 Å². The molecule has 1 aromatic rings. The van der Waals surface area contributed by atoms with Gasteiger partial charge in [-0.05, 0) is 24.7 Å². The van der Waals surface area contributed by atoms with E-state index in [0.717, 1.165) is 24.9 Å². The molecule has 1 amide bonds. The molecule has 0 radical (unpaired) electrons. The van der Waals surface area contributed by atoms with Crippen LogP contribution in [0.2, 0.25) is 5.02 Å². The van der Waals surface area contributed by atoms with Crippen molar-refractivity contribution in [2.45, 2.75) is 12.5 Å². The first-order valence-corrected chi connectivity index (χ1v) is 9.70. The molecule has 1 saturated heterocycles. The van der Waals surface area contributed by atoms with Gasteiger partial charge in [-0.25, -0.2) is 13.1 Å². The van der Waals surface area contributed by atoms with Crippen LogP contribution in [0.25, 0.3) is 0 Å². The lowest BCUT2D eigenvalue weighted by Crippen LogP contribution is -2.48. The van der Waals surface area contributed by atoms with Crippen molar-refractivity contribution < 1.29 is 13.2 Å². The van der Waals surface area contributed by atoms with Crippen molar-refractivity contribution in [2.75, 3.05) is 39.5 Å². The van der Waals surface area contributed by atoms with E-state index < -0.39 is 16.1 Å². The number of hydrogen-bond donors (Lipinski definition) is 1. The van der Waals surface area contributed by atoms with Crippen LogP contribution < -0.4 is 4.72 Å². The summed E-state index contributed by atoms with van der Waals surface area (Å²) in [7, 11) is -1.41. The zero-order chi connectivity index (χ0) is 17.0. The Kier molecular flexibility index (Phi) is 6.02. The van der Waals surface area contributed by atoms with Crippen molar-refractivity contribution in [3.05, 3.63) is 34.9 Å². The number of hydrogen-bond acceptors (Lipinski definition) is 4. The molecule has 1 aromatic carbocycles. The van der Waals surface area contributed by atoms with Crippen LogP contribution in [-0.4, -0.2) is 63.6 Å². The summed E-state index contributed by atoms with van der Waals surface area (Å²) in [6.07, 6.45) is 1.19. The lowest BCUT2D eigenvalue weighted by Gasteiger charge is -2.33. The number of sulfonamides is 1. The van der Waals surface area contributed by atoms with Crippen molar-refractivity contribution in [1.82, 2.24) is 14.5 Å². The van der Waals surface area contributed by atoms with Gasteiger partial charge in [-0.3, -0.25) is 4.79 Å². The number of carbonyl (C=O) groups excluding carboxylic acids is 1. The average Bonchev–Trinajstić information content (AvgIpc) is 2.46. The molecule has 0 aromatic heterocycles. The van der Waals surface area contributed by atoms with Gasteiger partial charge in [0, 0.05) is 37.6 Å². The summed E-state index contributed by atoms with van der Waals surface area (Å²) >= 11 is 5.87. The van der Waals surface area contributed by atoms with Crippen molar-refractivity contribution in [2.24, 2.45) is 0 Å². The third-order valence-corrected chi connectivity index (χ3v) is 4.83. The summed E-state index contributed by atoms with van der Waals surface area (Å²) < 4.78 is 25.8. The number of piperazine rings is 1. The molecule has 0 spiro atoms. The second kappa shape index (κ2) is 7.61. The maximum Gasteiger partial charge on any atom is 0.224 e. The molecule has 1 aliphatic heterocycles. The van der Waals surface area contributed by atoms with Crippen LogP contribution in [0, 0.1) is 0 Å². The van der Waals surface area contributed by atoms with Crippen molar-refractivity contribution >= 4 is 27.5 Å². The highest BCUT2D eigenvalue weighted by Gasteiger charge is 2.25. The summed E-state index contributed by atoms with van der Waals surface area (Å²) in [4.78, 5) is 16.4. The molecule has 0 aliphatic carbocycles. The largest absolute Gasteiger partial charge is 0.340 e. The van der Waals surface area contributed by atoms with E-state index in [1.807, 2.05) is 7.05 Å². The van der Waals surface area contributed by atoms with Crippen LogP contribution >= 0.6 is 11.6 Å². The van der Waals surface area contributed by atoms with E-state index in [2.05, 4.69) is 9.62 Å². The summed E-state index contributed by atoms with van der Waals surface area (Å²) in [6, 6.07) is 6.27. The normalized spacial score (nSPS) is 18.0. The van der Waals surface area contributed by atoms with Crippen molar-refractivity contribution in [3.8, 4) is 0 Å². The molecule has 1 atom stereocenters. The number of halogens is 1. The minimum absolute atomic E-state index is 0.0470. The number of nitrogens with one attached hydrogen (secondary N) is 1. The molecule has 2 rings (SSSR count). The molecule has 1 aliphatic rings. The van der Waals surface area contributed by atoms with E-state index in [0.29, 0.717) is 18.1 Å². The Bertz CT molecular complexity index is 640. The Hall–Kier alpha value is -1.15. The van der Waals surface area contributed by atoms with Gasteiger partial charge in [0.1, 0.15) is 0 Å². The van der Waals surface area contributed by atoms with Gasteiger partial charge in [-0.15, -0.1) is 0 Å². The second-order valence-electron chi connectivity index (χ2n) is 5.88. The predicted octanol–water partition coefficient (Wildman–Crippen LogP) is 1.09. The lowest BCUT2D eigenvalue weighted by molar-refractivity contribution is -0.133. The van der Waals surface area contributed by atoms with Gasteiger partial charge >= 0.3 is 0 Å². The summed E-state index contributed by atoms with van der Waals surface area (Å²) in [5.74, 6) is -0.0470. The van der Waals surface area contributed by atoms with E-state index in [4.69, 9.17) is 11.6 Å². The molecule has 8 heteroatoms. The van der Waals surface area contributed by atoms with Crippen LogP contribution in [0.1, 0.15) is 18.0 Å². The van der Waals surface area contributed by atoms with Gasteiger partial charge in [0.25, 0.3) is 0 Å². The summed E-state index contributed by atoms with van der Waals surface area (Å²) in [5.41, 5.74) is 0.724. The Morgan fingerprint density at radius 1 is 1.22 bits per heavy atom. The molecule has 6 nitrogen and oxygen atoms in total. The molecule has 128 valence electrons. The topological polar surface area (TPSA) is 69.7 Å². The summed E-state index contributed by atoms with van der Waals surface area (Å²) in [6.45, 7) is 3.00. The molecular weight excluding hydrogens is 338 g/mol. The third-order valence-electron chi connectivity index (χ3n) is 3.86. The van der Waals surface area contributed by atoms with E-state index in [1.165, 1.54) is 0 Å². The molecule has 0 saturated carbocycles. The molecular formula is C15H22ClN3O3S. The van der Waals surface area contributed by atoms with Gasteiger partial charge in [0.2, 0.25) is 15.9 Å². The van der Waals surface area contributed by atoms with Gasteiger partial charge in [-0.1, -0.05) is 23.7 Å². The average molecular weight is 360 g/mol. The zero-order valence-electron chi connectivity index (χ0n) is 13.3. The van der Waals surface area contributed by atoms with E-state index in [9.17, 15) is 13.2 Å². The molecule has 1 fully saturated rings. The van der Waals surface area contributed by atoms with Crippen LogP contribution in [0.5, 0.6) is 0 Å². The first-order chi connectivity index (χ1) is 10.7. The third kappa shape index (κ3) is 5.76. The maximum absolute atomic E-state index is 12.5. The van der Waals surface area contributed by atoms with Gasteiger partial charge in [0.05, 0.1) is 12.3 Å². The smallest absolute Gasteiger partial charge is 0.224 e. The number of likely N-dealkylation sites (N-methyl/N-ethyl adjacent to an activating group) is 1. The van der Waals surface area contributed by atoms with Gasteiger partial charge in [0.15, 0.2) is 0 Å². The molecule has 0 bridgehead atoms. The van der Waals surface area contributed by atoms with Crippen LogP contribution in [0.15, 0.2) is 24.3 Å². The Morgan fingerprint density at radius 3 is 2.30 bits per heavy atom. The summed E-state index contributed by atoms with van der Waals surface area (Å²) in [5, 5.41) is 0.567. The fourth-order valence-corrected chi connectivity index (χ4v) is 3.40. The standard InChI is InChI=1S/C15H22ClN3O3S/c1-18-7-9-19(10-8-18)15(20)11-14(17-23(2,21)22)12-3-5-13(16)6-4-12/h3-6,14,17H,7-11H2,1-2H3/t14-/m1/s1. The minimum Gasteiger partial charge on any atom is -0.340 e. The Balaban J connectivity index is 2.11. The van der Waals surface area contributed by atoms with Gasteiger partial charge in [-0.2, -0.15) is 0 Å². The second-order valence-corrected chi connectivity index (χ2v) is 8.10. The molecule has 1 N–H and O–H groups in total. The molecule has 1 heterocycles. The highest BCUT2D eigenvalue weighted by Crippen LogP contribution is 2.21. The quantitative estimate of drug-likeness (QED) is 0.854. The number of benzene rings is 1. The number of rotatable bonds is 5. The lowest BCUT2D eigenvalue weighted by atomic mass is 10.0.